The normalized spacial score (nSPS) is 12.4. The standard InChI is InChI=1S/C13H13F5N4O/c1-2-3-8-23-10-6-4-9(5-7-10)22-11(19-20-21-22)12(14,15)13(16,17)18/h4-7H,2-3,8H2,1H3. The van der Waals surface area contributed by atoms with E-state index in [0.717, 1.165) is 12.8 Å². The monoisotopic (exact) mass is 336 g/mol. The highest BCUT2D eigenvalue weighted by Crippen LogP contribution is 2.43. The van der Waals surface area contributed by atoms with Gasteiger partial charge in [-0.05, 0) is 41.1 Å². The van der Waals surface area contributed by atoms with Crippen LogP contribution < -0.4 is 4.74 Å². The van der Waals surface area contributed by atoms with Crippen LogP contribution in [0.25, 0.3) is 5.69 Å². The Labute approximate surface area is 128 Å². The molecule has 0 unspecified atom stereocenters. The molecule has 0 bridgehead atoms. The highest BCUT2D eigenvalue weighted by Gasteiger charge is 2.62. The van der Waals surface area contributed by atoms with Crippen molar-refractivity contribution in [2.24, 2.45) is 0 Å². The maximum Gasteiger partial charge on any atom is 0.461 e. The van der Waals surface area contributed by atoms with Crippen LogP contribution in [0.15, 0.2) is 24.3 Å². The van der Waals surface area contributed by atoms with Gasteiger partial charge in [-0.3, -0.25) is 0 Å². The highest BCUT2D eigenvalue weighted by atomic mass is 19.4. The lowest BCUT2D eigenvalue weighted by atomic mass is 10.2. The topological polar surface area (TPSA) is 52.8 Å². The van der Waals surface area contributed by atoms with Crippen molar-refractivity contribution in [3.63, 3.8) is 0 Å². The van der Waals surface area contributed by atoms with Crippen molar-refractivity contribution in [3.05, 3.63) is 30.1 Å². The van der Waals surface area contributed by atoms with E-state index in [9.17, 15) is 22.0 Å². The minimum Gasteiger partial charge on any atom is -0.494 e. The van der Waals surface area contributed by atoms with Gasteiger partial charge in [0, 0.05) is 0 Å². The fourth-order valence-corrected chi connectivity index (χ4v) is 1.70. The summed E-state index contributed by atoms with van der Waals surface area (Å²) >= 11 is 0. The maximum atomic E-state index is 13.4. The molecule has 0 atom stereocenters. The molecule has 2 aromatic rings. The van der Waals surface area contributed by atoms with Crippen LogP contribution in [0.2, 0.25) is 0 Å². The molecule has 1 aromatic heterocycles. The van der Waals surface area contributed by atoms with Crippen LogP contribution in [-0.4, -0.2) is 33.0 Å². The van der Waals surface area contributed by atoms with E-state index >= 15 is 0 Å². The van der Waals surface area contributed by atoms with Gasteiger partial charge >= 0.3 is 12.1 Å². The number of ether oxygens (including phenoxy) is 1. The van der Waals surface area contributed by atoms with Crippen LogP contribution in [0.5, 0.6) is 5.75 Å². The molecule has 23 heavy (non-hydrogen) atoms. The highest BCUT2D eigenvalue weighted by molar-refractivity contribution is 5.37. The lowest BCUT2D eigenvalue weighted by Crippen LogP contribution is -2.36. The number of alkyl halides is 5. The Morgan fingerprint density at radius 3 is 2.30 bits per heavy atom. The van der Waals surface area contributed by atoms with Gasteiger partial charge in [0.2, 0.25) is 5.82 Å². The van der Waals surface area contributed by atoms with Gasteiger partial charge in [0.1, 0.15) is 5.75 Å². The molecule has 0 fully saturated rings. The zero-order chi connectivity index (χ0) is 17.1. The van der Waals surface area contributed by atoms with Gasteiger partial charge in [-0.15, -0.1) is 5.10 Å². The quantitative estimate of drug-likeness (QED) is 0.598. The molecule has 10 heteroatoms. The summed E-state index contributed by atoms with van der Waals surface area (Å²) in [4.78, 5) is 0. The predicted octanol–water partition coefficient (Wildman–Crippen LogP) is 3.50. The molecular weight excluding hydrogens is 323 g/mol. The largest absolute Gasteiger partial charge is 0.494 e. The molecule has 0 radical (unpaired) electrons. The third-order valence-corrected chi connectivity index (χ3v) is 2.95. The Morgan fingerprint density at radius 1 is 1.09 bits per heavy atom. The molecule has 0 amide bonds. The predicted molar refractivity (Wildman–Crippen MR) is 69.5 cm³/mol. The SMILES string of the molecule is CCCCOc1ccc(-n2nnnc2C(F)(F)C(F)(F)F)cc1. The number of hydrogen-bond acceptors (Lipinski definition) is 4. The Bertz CT molecular complexity index is 639. The van der Waals surface area contributed by atoms with Crippen molar-refractivity contribution in [1.82, 2.24) is 20.2 Å². The number of unbranched alkanes of at least 4 members (excludes halogenated alkanes) is 1. The van der Waals surface area contributed by atoms with Gasteiger partial charge in [0.15, 0.2) is 0 Å². The summed E-state index contributed by atoms with van der Waals surface area (Å²) in [5.74, 6) is -6.28. The van der Waals surface area contributed by atoms with Gasteiger partial charge in [-0.1, -0.05) is 13.3 Å². The van der Waals surface area contributed by atoms with Crippen LogP contribution in [0.3, 0.4) is 0 Å². The van der Waals surface area contributed by atoms with E-state index in [4.69, 9.17) is 4.74 Å². The number of benzene rings is 1. The molecule has 0 spiro atoms. The summed E-state index contributed by atoms with van der Waals surface area (Å²) in [7, 11) is 0. The zero-order valence-corrected chi connectivity index (χ0v) is 12.0. The van der Waals surface area contributed by atoms with E-state index in [2.05, 4.69) is 15.5 Å². The third kappa shape index (κ3) is 3.57. The molecule has 0 aliphatic heterocycles. The minimum absolute atomic E-state index is 0.0308. The molecule has 1 heterocycles. The van der Waals surface area contributed by atoms with E-state index in [-0.39, 0.29) is 5.69 Å². The van der Waals surface area contributed by atoms with Crippen LogP contribution in [0, 0.1) is 0 Å². The average molecular weight is 336 g/mol. The molecule has 0 aliphatic rings. The molecule has 126 valence electrons. The summed E-state index contributed by atoms with van der Waals surface area (Å²) in [6, 6.07) is 5.49. The molecule has 0 saturated heterocycles. The van der Waals surface area contributed by atoms with Gasteiger partial charge in [-0.25, -0.2) is 0 Å². The molecule has 2 rings (SSSR count). The third-order valence-electron chi connectivity index (χ3n) is 2.95. The summed E-state index contributed by atoms with van der Waals surface area (Å²) in [6.07, 6.45) is -4.00. The number of aromatic nitrogens is 4. The van der Waals surface area contributed by atoms with Crippen molar-refractivity contribution < 1.29 is 26.7 Å². The average Bonchev–Trinajstić information content (AvgIpc) is 2.97. The van der Waals surface area contributed by atoms with Gasteiger partial charge in [0.05, 0.1) is 12.3 Å². The first-order chi connectivity index (χ1) is 10.8. The molecule has 5 nitrogen and oxygen atoms in total. The second kappa shape index (κ2) is 6.47. The van der Waals surface area contributed by atoms with E-state index in [1.165, 1.54) is 24.3 Å². The van der Waals surface area contributed by atoms with Crippen LogP contribution in [0.1, 0.15) is 25.6 Å². The zero-order valence-electron chi connectivity index (χ0n) is 12.0. The van der Waals surface area contributed by atoms with E-state index < -0.39 is 17.9 Å². The van der Waals surface area contributed by atoms with E-state index in [0.29, 0.717) is 17.0 Å². The second-order valence-corrected chi connectivity index (χ2v) is 4.68. The van der Waals surface area contributed by atoms with Gasteiger partial charge in [-0.2, -0.15) is 26.6 Å². The first kappa shape index (κ1) is 17.1. The Morgan fingerprint density at radius 2 is 1.74 bits per heavy atom. The number of halogens is 5. The van der Waals surface area contributed by atoms with Crippen molar-refractivity contribution in [2.75, 3.05) is 6.61 Å². The molecule has 0 N–H and O–H groups in total. The fourth-order valence-electron chi connectivity index (χ4n) is 1.70. The van der Waals surface area contributed by atoms with Gasteiger partial charge in [0.25, 0.3) is 0 Å². The maximum absolute atomic E-state index is 13.4. The van der Waals surface area contributed by atoms with Crippen molar-refractivity contribution in [3.8, 4) is 11.4 Å². The van der Waals surface area contributed by atoms with Crippen LogP contribution >= 0.6 is 0 Å². The van der Waals surface area contributed by atoms with Crippen molar-refractivity contribution in [2.45, 2.75) is 31.9 Å². The van der Waals surface area contributed by atoms with E-state index in [1.807, 2.05) is 6.92 Å². The smallest absolute Gasteiger partial charge is 0.461 e. The molecule has 0 aliphatic carbocycles. The summed E-state index contributed by atoms with van der Waals surface area (Å²) in [5.41, 5.74) is -0.0308. The first-order valence-corrected chi connectivity index (χ1v) is 6.74. The Hall–Kier alpha value is -2.26. The lowest BCUT2D eigenvalue weighted by molar-refractivity contribution is -0.293. The molecular formula is C13H13F5N4O. The van der Waals surface area contributed by atoms with Crippen molar-refractivity contribution in [1.29, 1.82) is 0 Å². The number of tetrazole rings is 1. The summed E-state index contributed by atoms with van der Waals surface area (Å²) < 4.78 is 69.9. The van der Waals surface area contributed by atoms with Gasteiger partial charge < -0.3 is 4.74 Å². The minimum atomic E-state index is -5.79. The Kier molecular flexibility index (Phi) is 4.81. The number of hydrogen-bond donors (Lipinski definition) is 0. The lowest BCUT2D eigenvalue weighted by Gasteiger charge is -2.18. The fraction of sp³-hybridized carbons (Fsp3) is 0.462. The summed E-state index contributed by atoms with van der Waals surface area (Å²) in [5, 5.41) is 8.93. The number of nitrogens with zero attached hydrogens (tertiary/aromatic N) is 4. The Balaban J connectivity index is 2.26. The summed E-state index contributed by atoms with van der Waals surface area (Å²) in [6.45, 7) is 2.48. The van der Waals surface area contributed by atoms with Crippen LogP contribution in [-0.2, 0) is 5.92 Å². The molecule has 1 aromatic carbocycles. The number of rotatable bonds is 6. The first-order valence-electron chi connectivity index (χ1n) is 6.74. The van der Waals surface area contributed by atoms with Crippen LogP contribution in [0.4, 0.5) is 22.0 Å². The molecule has 0 saturated carbocycles. The second-order valence-electron chi connectivity index (χ2n) is 4.68. The van der Waals surface area contributed by atoms with E-state index in [1.54, 1.807) is 0 Å². The van der Waals surface area contributed by atoms with Crippen molar-refractivity contribution >= 4 is 0 Å².